The van der Waals surface area contributed by atoms with Crippen molar-refractivity contribution in [3.63, 3.8) is 0 Å². The highest BCUT2D eigenvalue weighted by molar-refractivity contribution is 6.43. The number of nitriles is 1. The van der Waals surface area contributed by atoms with E-state index in [4.69, 9.17) is 39.5 Å². The molecule has 0 aliphatic heterocycles. The summed E-state index contributed by atoms with van der Waals surface area (Å²) in [5.41, 5.74) is 0. The topological polar surface area (TPSA) is 33.0 Å². The minimum Gasteiger partial charge on any atom is -0.487 e. The Morgan fingerprint density at radius 3 is 2.53 bits per heavy atom. The average molecular weight is 319 g/mol. The lowest BCUT2D eigenvalue weighted by Crippen LogP contribution is -2.32. The zero-order valence-electron chi connectivity index (χ0n) is 10.5. The van der Waals surface area contributed by atoms with E-state index in [0.717, 1.165) is 19.3 Å². The molecule has 0 saturated heterocycles. The van der Waals surface area contributed by atoms with Gasteiger partial charge in [-0.2, -0.15) is 5.26 Å². The third-order valence-corrected chi connectivity index (χ3v) is 4.49. The second-order valence-corrected chi connectivity index (χ2v) is 6.23. The Hall–Kier alpha value is -0.620. The van der Waals surface area contributed by atoms with Crippen molar-refractivity contribution in [2.75, 3.05) is 0 Å². The Kier molecular flexibility index (Phi) is 4.84. The van der Waals surface area contributed by atoms with Gasteiger partial charge in [-0.1, -0.05) is 41.7 Å². The molecular formula is C14H14Cl3NO. The van der Waals surface area contributed by atoms with Gasteiger partial charge in [-0.25, -0.2) is 0 Å². The van der Waals surface area contributed by atoms with Crippen LogP contribution in [-0.4, -0.2) is 6.10 Å². The smallest absolute Gasteiger partial charge is 0.139 e. The van der Waals surface area contributed by atoms with Crippen molar-refractivity contribution >= 4 is 34.8 Å². The molecule has 0 aromatic heterocycles. The van der Waals surface area contributed by atoms with E-state index < -0.39 is 0 Å². The van der Waals surface area contributed by atoms with Crippen molar-refractivity contribution in [2.24, 2.45) is 11.8 Å². The average Bonchev–Trinajstić information content (AvgIpc) is 2.36. The summed E-state index contributed by atoms with van der Waals surface area (Å²) >= 11 is 17.9. The number of hydrogen-bond donors (Lipinski definition) is 0. The van der Waals surface area contributed by atoms with Gasteiger partial charge in [0.2, 0.25) is 0 Å². The van der Waals surface area contributed by atoms with E-state index in [9.17, 15) is 5.26 Å². The third kappa shape index (κ3) is 3.48. The third-order valence-electron chi connectivity index (χ3n) is 3.47. The first-order chi connectivity index (χ1) is 9.01. The fourth-order valence-electron chi connectivity index (χ4n) is 2.36. The highest BCUT2D eigenvalue weighted by atomic mass is 35.5. The number of ether oxygens (including phenoxy) is 1. The molecule has 1 aromatic rings. The Morgan fingerprint density at radius 2 is 1.84 bits per heavy atom. The Labute approximate surface area is 128 Å². The molecule has 1 aliphatic carbocycles. The number of halogens is 3. The van der Waals surface area contributed by atoms with Gasteiger partial charge in [0, 0.05) is 6.07 Å². The summed E-state index contributed by atoms with van der Waals surface area (Å²) in [7, 11) is 0. The fourth-order valence-corrected chi connectivity index (χ4v) is 2.95. The van der Waals surface area contributed by atoms with E-state index in [1.165, 1.54) is 0 Å². The summed E-state index contributed by atoms with van der Waals surface area (Å²) in [6.45, 7) is 2.17. The fraction of sp³-hybridized carbons (Fsp3) is 0.500. The lowest BCUT2D eigenvalue weighted by molar-refractivity contribution is 0.0957. The van der Waals surface area contributed by atoms with E-state index in [2.05, 4.69) is 13.0 Å². The van der Waals surface area contributed by atoms with Crippen molar-refractivity contribution in [2.45, 2.75) is 32.3 Å². The van der Waals surface area contributed by atoms with Crippen LogP contribution in [0.2, 0.25) is 15.1 Å². The maximum atomic E-state index is 9.18. The lowest BCUT2D eigenvalue weighted by atomic mass is 9.81. The van der Waals surface area contributed by atoms with Crippen molar-refractivity contribution in [3.05, 3.63) is 27.2 Å². The van der Waals surface area contributed by atoms with Crippen LogP contribution in [0.5, 0.6) is 5.75 Å². The minimum atomic E-state index is -0.136. The molecule has 1 aromatic carbocycles. The van der Waals surface area contributed by atoms with Crippen LogP contribution in [0.4, 0.5) is 0 Å². The summed E-state index contributed by atoms with van der Waals surface area (Å²) < 4.78 is 5.90. The van der Waals surface area contributed by atoms with Gasteiger partial charge in [0.15, 0.2) is 0 Å². The van der Waals surface area contributed by atoms with Crippen molar-refractivity contribution in [1.29, 1.82) is 5.26 Å². The van der Waals surface area contributed by atoms with Gasteiger partial charge in [-0.15, -0.1) is 0 Å². The normalized spacial score (nSPS) is 26.8. The maximum absolute atomic E-state index is 9.18. The molecule has 3 atom stereocenters. The van der Waals surface area contributed by atoms with E-state index in [1.807, 2.05) is 0 Å². The van der Waals surface area contributed by atoms with E-state index in [0.29, 0.717) is 26.7 Å². The molecule has 1 aliphatic rings. The summed E-state index contributed by atoms with van der Waals surface area (Å²) in [6, 6.07) is 5.49. The molecule has 0 N–H and O–H groups in total. The van der Waals surface area contributed by atoms with Crippen molar-refractivity contribution in [3.8, 4) is 11.8 Å². The zero-order valence-corrected chi connectivity index (χ0v) is 12.8. The number of benzene rings is 1. The molecule has 0 amide bonds. The van der Waals surface area contributed by atoms with Crippen LogP contribution in [0.3, 0.4) is 0 Å². The van der Waals surface area contributed by atoms with Crippen molar-refractivity contribution < 1.29 is 4.74 Å². The van der Waals surface area contributed by atoms with Crippen LogP contribution < -0.4 is 4.74 Å². The SMILES string of the molecule is CC1CCC(C#N)C(Oc2cc(Cl)c(Cl)cc2Cl)C1. The zero-order chi connectivity index (χ0) is 14.0. The highest BCUT2D eigenvalue weighted by Crippen LogP contribution is 2.37. The Balaban J connectivity index is 2.19. The molecule has 0 heterocycles. The first-order valence-electron chi connectivity index (χ1n) is 6.22. The van der Waals surface area contributed by atoms with Crippen LogP contribution in [0, 0.1) is 23.2 Å². The van der Waals surface area contributed by atoms with Crippen LogP contribution in [0.1, 0.15) is 26.2 Å². The molecule has 0 radical (unpaired) electrons. The largest absolute Gasteiger partial charge is 0.487 e. The first-order valence-corrected chi connectivity index (χ1v) is 7.35. The maximum Gasteiger partial charge on any atom is 0.139 e. The molecule has 0 bridgehead atoms. The summed E-state index contributed by atoms with van der Waals surface area (Å²) in [6.07, 6.45) is 2.65. The lowest BCUT2D eigenvalue weighted by Gasteiger charge is -2.31. The van der Waals surface area contributed by atoms with Gasteiger partial charge in [0.05, 0.1) is 27.1 Å². The van der Waals surface area contributed by atoms with Gasteiger partial charge in [0.1, 0.15) is 11.9 Å². The predicted octanol–water partition coefficient (Wildman–Crippen LogP) is 5.35. The quantitative estimate of drug-likeness (QED) is 0.688. The molecule has 2 nitrogen and oxygen atoms in total. The number of nitrogens with zero attached hydrogens (tertiary/aromatic N) is 1. The van der Waals surface area contributed by atoms with Crippen molar-refractivity contribution in [1.82, 2.24) is 0 Å². The highest BCUT2D eigenvalue weighted by Gasteiger charge is 2.30. The van der Waals surface area contributed by atoms with E-state index in [-0.39, 0.29) is 12.0 Å². The molecule has 102 valence electrons. The molecule has 1 fully saturated rings. The molecule has 0 spiro atoms. The molecule has 1 saturated carbocycles. The standard InChI is InChI=1S/C14H14Cl3NO/c1-8-2-3-9(7-18)13(4-8)19-14-6-11(16)10(15)5-12(14)17/h5-6,8-9,13H,2-4H2,1H3. The van der Waals surface area contributed by atoms with Gasteiger partial charge < -0.3 is 4.74 Å². The van der Waals surface area contributed by atoms with Crippen LogP contribution in [0.25, 0.3) is 0 Å². The molecule has 19 heavy (non-hydrogen) atoms. The summed E-state index contributed by atoms with van der Waals surface area (Å²) in [5, 5.41) is 10.4. The summed E-state index contributed by atoms with van der Waals surface area (Å²) in [5.74, 6) is 0.952. The van der Waals surface area contributed by atoms with E-state index in [1.54, 1.807) is 12.1 Å². The molecule has 5 heteroatoms. The second kappa shape index (κ2) is 6.22. The van der Waals surface area contributed by atoms with Gasteiger partial charge in [-0.3, -0.25) is 0 Å². The van der Waals surface area contributed by atoms with Crippen LogP contribution >= 0.6 is 34.8 Å². The molecule has 2 rings (SSSR count). The van der Waals surface area contributed by atoms with Gasteiger partial charge in [-0.05, 0) is 31.2 Å². The van der Waals surface area contributed by atoms with Gasteiger partial charge >= 0.3 is 0 Å². The Bertz CT molecular complexity index is 512. The molecular weight excluding hydrogens is 305 g/mol. The Morgan fingerprint density at radius 1 is 1.16 bits per heavy atom. The predicted molar refractivity (Wildman–Crippen MR) is 78.0 cm³/mol. The van der Waals surface area contributed by atoms with E-state index >= 15 is 0 Å². The van der Waals surface area contributed by atoms with Gasteiger partial charge in [0.25, 0.3) is 0 Å². The first kappa shape index (κ1) is 14.8. The van der Waals surface area contributed by atoms with Crippen LogP contribution in [0.15, 0.2) is 12.1 Å². The number of hydrogen-bond acceptors (Lipinski definition) is 2. The summed E-state index contributed by atoms with van der Waals surface area (Å²) in [4.78, 5) is 0. The minimum absolute atomic E-state index is 0.0956. The molecule has 3 unspecified atom stereocenters. The number of rotatable bonds is 2. The van der Waals surface area contributed by atoms with Crippen LogP contribution in [-0.2, 0) is 0 Å². The monoisotopic (exact) mass is 317 g/mol. The second-order valence-electron chi connectivity index (χ2n) is 5.01.